The van der Waals surface area contributed by atoms with Crippen molar-refractivity contribution in [1.82, 2.24) is 10.3 Å². The predicted molar refractivity (Wildman–Crippen MR) is 50.6 cm³/mol. The van der Waals surface area contributed by atoms with Crippen LogP contribution in [0.15, 0.2) is 18.5 Å². The third-order valence-corrected chi connectivity index (χ3v) is 2.11. The third-order valence-electron chi connectivity index (χ3n) is 2.11. The van der Waals surface area contributed by atoms with E-state index in [0.717, 1.165) is 12.3 Å². The normalized spacial score (nSPS) is 20.8. The second-order valence-electron chi connectivity index (χ2n) is 3.20. The molecule has 2 heterocycles. The van der Waals surface area contributed by atoms with Crippen LogP contribution >= 0.6 is 0 Å². The fourth-order valence-electron chi connectivity index (χ4n) is 1.20. The number of hydrogen-bond acceptors (Lipinski definition) is 4. The highest BCUT2D eigenvalue weighted by Crippen LogP contribution is 2.13. The number of nitrogens with zero attached hydrogens (tertiary/aromatic N) is 1. The van der Waals surface area contributed by atoms with E-state index >= 15 is 0 Å². The van der Waals surface area contributed by atoms with Gasteiger partial charge in [-0.1, -0.05) is 0 Å². The van der Waals surface area contributed by atoms with Gasteiger partial charge in [-0.05, 0) is 13.0 Å². The van der Waals surface area contributed by atoms with Gasteiger partial charge in [-0.15, -0.1) is 0 Å². The summed E-state index contributed by atoms with van der Waals surface area (Å²) in [6, 6.07) is 2.28. The molecule has 0 bridgehead atoms. The van der Waals surface area contributed by atoms with E-state index in [1.54, 1.807) is 18.5 Å². The average molecular weight is 179 g/mol. The van der Waals surface area contributed by atoms with Crippen LogP contribution in [0, 0.1) is 0 Å². The Morgan fingerprint density at radius 3 is 3.08 bits per heavy atom. The van der Waals surface area contributed by atoms with E-state index in [-0.39, 0.29) is 0 Å². The van der Waals surface area contributed by atoms with E-state index in [9.17, 15) is 0 Å². The average Bonchev–Trinajstić information content (AvgIpc) is 2.01. The Morgan fingerprint density at radius 1 is 1.62 bits per heavy atom. The third kappa shape index (κ3) is 2.09. The van der Waals surface area contributed by atoms with E-state index in [1.807, 2.05) is 0 Å². The maximum atomic E-state index is 5.55. The van der Waals surface area contributed by atoms with Crippen molar-refractivity contribution in [3.8, 4) is 5.75 Å². The predicted octanol–water partition coefficient (Wildman–Crippen LogP) is 0.404. The summed E-state index contributed by atoms with van der Waals surface area (Å²) in [6.45, 7) is 1.80. The molecule has 4 nitrogen and oxygen atoms in total. The zero-order chi connectivity index (χ0) is 9.10. The SMILES string of the molecule is Nc1cncc(OCC2CCN2)c1. The minimum atomic E-state index is 0.501. The summed E-state index contributed by atoms with van der Waals surface area (Å²) in [7, 11) is 0. The first kappa shape index (κ1) is 8.31. The summed E-state index contributed by atoms with van der Waals surface area (Å²) in [5, 5.41) is 3.25. The molecule has 1 aromatic rings. The Morgan fingerprint density at radius 2 is 2.46 bits per heavy atom. The van der Waals surface area contributed by atoms with Gasteiger partial charge in [0.2, 0.25) is 0 Å². The van der Waals surface area contributed by atoms with Crippen molar-refractivity contribution in [3.63, 3.8) is 0 Å². The molecule has 1 aliphatic rings. The number of rotatable bonds is 3. The monoisotopic (exact) mass is 179 g/mol. The molecule has 1 aliphatic heterocycles. The van der Waals surface area contributed by atoms with Crippen LogP contribution in [0.1, 0.15) is 6.42 Å². The molecule has 0 aromatic carbocycles. The number of nitrogen functional groups attached to an aromatic ring is 1. The Balaban J connectivity index is 1.86. The summed E-state index contributed by atoms with van der Waals surface area (Å²) >= 11 is 0. The van der Waals surface area contributed by atoms with Crippen molar-refractivity contribution in [2.75, 3.05) is 18.9 Å². The van der Waals surface area contributed by atoms with Gasteiger partial charge < -0.3 is 15.8 Å². The zero-order valence-corrected chi connectivity index (χ0v) is 7.36. The first-order chi connectivity index (χ1) is 6.34. The molecule has 0 radical (unpaired) electrons. The fourth-order valence-corrected chi connectivity index (χ4v) is 1.20. The van der Waals surface area contributed by atoms with Crippen molar-refractivity contribution in [3.05, 3.63) is 18.5 Å². The molecule has 4 heteroatoms. The van der Waals surface area contributed by atoms with E-state index < -0.39 is 0 Å². The van der Waals surface area contributed by atoms with Crippen LogP contribution in [0.25, 0.3) is 0 Å². The Kier molecular flexibility index (Phi) is 2.31. The number of hydrogen-bond donors (Lipinski definition) is 2. The number of pyridine rings is 1. The lowest BCUT2D eigenvalue weighted by molar-refractivity contribution is 0.217. The lowest BCUT2D eigenvalue weighted by Crippen LogP contribution is -2.46. The molecule has 1 fully saturated rings. The van der Waals surface area contributed by atoms with Crippen molar-refractivity contribution in [2.24, 2.45) is 0 Å². The first-order valence-electron chi connectivity index (χ1n) is 4.41. The second kappa shape index (κ2) is 3.62. The molecule has 3 N–H and O–H groups in total. The minimum Gasteiger partial charge on any atom is -0.490 e. The van der Waals surface area contributed by atoms with Crippen LogP contribution in [0.2, 0.25) is 0 Å². The van der Waals surface area contributed by atoms with Gasteiger partial charge in [0.1, 0.15) is 12.4 Å². The topological polar surface area (TPSA) is 60.2 Å². The standard InChI is InChI=1S/C9H13N3O/c10-7-3-9(5-11-4-7)13-6-8-1-2-12-8/h3-5,8,12H,1-2,6,10H2. The largest absolute Gasteiger partial charge is 0.490 e. The lowest BCUT2D eigenvalue weighted by Gasteiger charge is -2.27. The Bertz CT molecular complexity index is 286. The number of nitrogens with one attached hydrogen (secondary N) is 1. The molecule has 0 spiro atoms. The highest BCUT2D eigenvalue weighted by atomic mass is 16.5. The molecule has 1 aromatic heterocycles. The van der Waals surface area contributed by atoms with E-state index in [4.69, 9.17) is 10.5 Å². The first-order valence-corrected chi connectivity index (χ1v) is 4.41. The van der Waals surface area contributed by atoms with Crippen LogP contribution in [0.3, 0.4) is 0 Å². The Hall–Kier alpha value is -1.29. The van der Waals surface area contributed by atoms with Crippen LogP contribution in [0.5, 0.6) is 5.75 Å². The van der Waals surface area contributed by atoms with Gasteiger partial charge in [0, 0.05) is 12.1 Å². The van der Waals surface area contributed by atoms with Crippen molar-refractivity contribution in [2.45, 2.75) is 12.5 Å². The van der Waals surface area contributed by atoms with E-state index in [2.05, 4.69) is 10.3 Å². The van der Waals surface area contributed by atoms with Gasteiger partial charge in [0.05, 0.1) is 18.1 Å². The fraction of sp³-hybridized carbons (Fsp3) is 0.444. The van der Waals surface area contributed by atoms with Crippen molar-refractivity contribution in [1.29, 1.82) is 0 Å². The molecule has 0 aliphatic carbocycles. The maximum Gasteiger partial charge on any atom is 0.139 e. The highest BCUT2D eigenvalue weighted by molar-refractivity contribution is 5.39. The van der Waals surface area contributed by atoms with Gasteiger partial charge in [-0.2, -0.15) is 0 Å². The van der Waals surface area contributed by atoms with Crippen molar-refractivity contribution >= 4 is 5.69 Å². The number of nitrogens with two attached hydrogens (primary N) is 1. The quantitative estimate of drug-likeness (QED) is 0.705. The maximum absolute atomic E-state index is 5.55. The van der Waals surface area contributed by atoms with Crippen LogP contribution in [-0.2, 0) is 0 Å². The number of ether oxygens (including phenoxy) is 1. The van der Waals surface area contributed by atoms with Gasteiger partial charge in [0.25, 0.3) is 0 Å². The van der Waals surface area contributed by atoms with E-state index in [1.165, 1.54) is 6.42 Å². The van der Waals surface area contributed by atoms with Crippen LogP contribution < -0.4 is 15.8 Å². The minimum absolute atomic E-state index is 0.501. The van der Waals surface area contributed by atoms with E-state index in [0.29, 0.717) is 18.3 Å². The molecular formula is C9H13N3O. The molecular weight excluding hydrogens is 166 g/mol. The van der Waals surface area contributed by atoms with Gasteiger partial charge in [0.15, 0.2) is 0 Å². The smallest absolute Gasteiger partial charge is 0.139 e. The van der Waals surface area contributed by atoms with Gasteiger partial charge in [-0.25, -0.2) is 0 Å². The van der Waals surface area contributed by atoms with Crippen LogP contribution in [-0.4, -0.2) is 24.2 Å². The van der Waals surface area contributed by atoms with Crippen molar-refractivity contribution < 1.29 is 4.74 Å². The van der Waals surface area contributed by atoms with Gasteiger partial charge in [-0.3, -0.25) is 4.98 Å². The lowest BCUT2D eigenvalue weighted by atomic mass is 10.1. The zero-order valence-electron chi connectivity index (χ0n) is 7.36. The number of aromatic nitrogens is 1. The summed E-state index contributed by atoms with van der Waals surface area (Å²) in [5.74, 6) is 0.744. The summed E-state index contributed by atoms with van der Waals surface area (Å²) in [4.78, 5) is 3.94. The summed E-state index contributed by atoms with van der Waals surface area (Å²) in [6.07, 6.45) is 4.47. The van der Waals surface area contributed by atoms with Gasteiger partial charge >= 0.3 is 0 Å². The second-order valence-corrected chi connectivity index (χ2v) is 3.20. The molecule has 1 unspecified atom stereocenters. The Labute approximate surface area is 77.1 Å². The number of anilines is 1. The summed E-state index contributed by atoms with van der Waals surface area (Å²) < 4.78 is 5.49. The molecule has 1 atom stereocenters. The highest BCUT2D eigenvalue weighted by Gasteiger charge is 2.16. The molecule has 0 saturated carbocycles. The molecule has 13 heavy (non-hydrogen) atoms. The summed E-state index contributed by atoms with van der Waals surface area (Å²) in [5.41, 5.74) is 6.19. The molecule has 2 rings (SSSR count). The molecule has 0 amide bonds. The molecule has 70 valence electrons. The molecule has 1 saturated heterocycles. The van der Waals surface area contributed by atoms with Crippen LogP contribution in [0.4, 0.5) is 5.69 Å².